The van der Waals surface area contributed by atoms with Crippen LogP contribution in [-0.4, -0.2) is 32.3 Å². The molecule has 2 rings (SSSR count). The maximum Gasteiger partial charge on any atom is 0.235 e. The van der Waals surface area contributed by atoms with Gasteiger partial charge in [0.2, 0.25) is 5.78 Å². The molecular formula is C8H8N4O2S. The first-order valence-electron chi connectivity index (χ1n) is 4.11. The van der Waals surface area contributed by atoms with Gasteiger partial charge in [-0.15, -0.1) is 5.10 Å². The number of carbonyl (C=O) groups excluding carboxylic acids is 1. The molecule has 2 aromatic heterocycles. The molecular weight excluding hydrogens is 216 g/mol. The first-order valence-corrected chi connectivity index (χ1v) is 4.95. The molecule has 0 saturated heterocycles. The number of methoxy groups -OCH3 is 1. The minimum Gasteiger partial charge on any atom is -0.493 e. The average Bonchev–Trinajstić information content (AvgIpc) is 2.85. The van der Waals surface area contributed by atoms with Crippen molar-refractivity contribution < 1.29 is 9.53 Å². The van der Waals surface area contributed by atoms with Crippen LogP contribution in [0.4, 0.5) is 0 Å². The first kappa shape index (κ1) is 9.78. The monoisotopic (exact) mass is 224 g/mol. The Labute approximate surface area is 89.7 Å². The normalized spacial score (nSPS) is 10.3. The van der Waals surface area contributed by atoms with Crippen LogP contribution >= 0.6 is 11.5 Å². The summed E-state index contributed by atoms with van der Waals surface area (Å²) in [6.07, 6.45) is 1.49. The number of hydrogen-bond acceptors (Lipinski definition) is 6. The number of nitrogens with zero attached hydrogens (tertiary/aromatic N) is 4. The second-order valence-corrected chi connectivity index (χ2v) is 3.41. The van der Waals surface area contributed by atoms with Gasteiger partial charge in [0.1, 0.15) is 5.69 Å². The zero-order valence-corrected chi connectivity index (χ0v) is 8.98. The molecule has 15 heavy (non-hydrogen) atoms. The van der Waals surface area contributed by atoms with Gasteiger partial charge in [0, 0.05) is 12.4 Å². The van der Waals surface area contributed by atoms with Crippen molar-refractivity contribution in [3.05, 3.63) is 23.0 Å². The molecule has 0 aromatic carbocycles. The molecule has 0 bridgehead atoms. The maximum absolute atomic E-state index is 11.9. The molecule has 78 valence electrons. The summed E-state index contributed by atoms with van der Waals surface area (Å²) in [5.74, 6) is 0.205. The van der Waals surface area contributed by atoms with Crippen LogP contribution in [0.3, 0.4) is 0 Å². The fourth-order valence-corrected chi connectivity index (χ4v) is 1.65. The van der Waals surface area contributed by atoms with Gasteiger partial charge in [-0.05, 0) is 11.5 Å². The van der Waals surface area contributed by atoms with Crippen molar-refractivity contribution in [3.8, 4) is 5.75 Å². The Bertz CT molecular complexity index is 477. The van der Waals surface area contributed by atoms with Crippen molar-refractivity contribution >= 4 is 17.3 Å². The molecule has 0 saturated carbocycles. The highest BCUT2D eigenvalue weighted by atomic mass is 32.1. The molecule has 2 aromatic rings. The molecule has 6 nitrogen and oxygen atoms in total. The van der Waals surface area contributed by atoms with E-state index in [1.807, 2.05) is 0 Å². The predicted molar refractivity (Wildman–Crippen MR) is 53.1 cm³/mol. The van der Waals surface area contributed by atoms with Crippen molar-refractivity contribution in [1.29, 1.82) is 0 Å². The zero-order valence-electron chi connectivity index (χ0n) is 8.17. The summed E-state index contributed by atoms with van der Waals surface area (Å²) < 4.78 is 10.1. The smallest absolute Gasteiger partial charge is 0.235 e. The third-order valence-electron chi connectivity index (χ3n) is 1.93. The summed E-state index contributed by atoms with van der Waals surface area (Å²) in [6, 6.07) is 0. The lowest BCUT2D eigenvalue weighted by atomic mass is 10.2. The van der Waals surface area contributed by atoms with Crippen LogP contribution in [0.1, 0.15) is 16.2 Å². The van der Waals surface area contributed by atoms with Gasteiger partial charge in [-0.25, -0.2) is 0 Å². The van der Waals surface area contributed by atoms with Crippen LogP contribution in [-0.2, 0) is 7.05 Å². The Morgan fingerprint density at radius 2 is 2.40 bits per heavy atom. The number of carbonyl (C=O) groups is 1. The van der Waals surface area contributed by atoms with Crippen LogP contribution in [0, 0.1) is 0 Å². The Kier molecular flexibility index (Phi) is 2.46. The number of ketones is 1. The minimum absolute atomic E-state index is 0.236. The second-order valence-electron chi connectivity index (χ2n) is 2.80. The Morgan fingerprint density at radius 1 is 1.60 bits per heavy atom. The van der Waals surface area contributed by atoms with E-state index in [9.17, 15) is 4.79 Å². The Balaban J connectivity index is 2.45. The van der Waals surface area contributed by atoms with Gasteiger partial charge < -0.3 is 4.74 Å². The van der Waals surface area contributed by atoms with E-state index >= 15 is 0 Å². The summed E-state index contributed by atoms with van der Waals surface area (Å²) in [5.41, 5.74) is 0.687. The molecule has 0 atom stereocenters. The fourth-order valence-electron chi connectivity index (χ4n) is 1.21. The molecule has 0 radical (unpaired) electrons. The van der Waals surface area contributed by atoms with Gasteiger partial charge >= 0.3 is 0 Å². The van der Waals surface area contributed by atoms with Crippen LogP contribution in [0.25, 0.3) is 0 Å². The van der Waals surface area contributed by atoms with E-state index in [0.717, 1.165) is 11.5 Å². The van der Waals surface area contributed by atoms with Gasteiger partial charge in [0.25, 0.3) is 0 Å². The molecule has 0 N–H and O–H groups in total. The van der Waals surface area contributed by atoms with Gasteiger partial charge in [0.05, 0.1) is 13.3 Å². The molecule has 0 amide bonds. The van der Waals surface area contributed by atoms with E-state index in [2.05, 4.69) is 14.7 Å². The molecule has 0 aliphatic carbocycles. The summed E-state index contributed by atoms with van der Waals surface area (Å²) in [7, 11) is 3.17. The highest BCUT2D eigenvalue weighted by Gasteiger charge is 2.21. The standard InChI is InChI=1S/C8H8N4O2S/c1-12-7(6(14-2)3-9-12)8(13)5-4-15-11-10-5/h3-4H,1-2H3. The van der Waals surface area contributed by atoms with Gasteiger partial charge in [-0.1, -0.05) is 4.49 Å². The van der Waals surface area contributed by atoms with Gasteiger partial charge in [0.15, 0.2) is 11.4 Å². The van der Waals surface area contributed by atoms with Crippen LogP contribution in [0.15, 0.2) is 11.6 Å². The largest absolute Gasteiger partial charge is 0.493 e. The molecule has 2 heterocycles. The van der Waals surface area contributed by atoms with E-state index in [4.69, 9.17) is 4.74 Å². The number of hydrogen-bond donors (Lipinski definition) is 0. The van der Waals surface area contributed by atoms with Gasteiger partial charge in [-0.3, -0.25) is 9.48 Å². The van der Waals surface area contributed by atoms with E-state index in [0.29, 0.717) is 17.1 Å². The molecule has 0 spiro atoms. The lowest BCUT2D eigenvalue weighted by Crippen LogP contribution is -2.10. The van der Waals surface area contributed by atoms with Crippen molar-refractivity contribution in [2.75, 3.05) is 7.11 Å². The summed E-state index contributed by atoms with van der Waals surface area (Å²) in [5, 5.41) is 9.25. The summed E-state index contributed by atoms with van der Waals surface area (Å²) in [4.78, 5) is 11.9. The number of aryl methyl sites for hydroxylation is 1. The third kappa shape index (κ3) is 1.61. The number of aromatic nitrogens is 4. The van der Waals surface area contributed by atoms with Crippen LogP contribution in [0.5, 0.6) is 5.75 Å². The minimum atomic E-state index is -0.236. The SMILES string of the molecule is COc1cnn(C)c1C(=O)c1csnn1. The van der Waals surface area contributed by atoms with E-state index in [-0.39, 0.29) is 5.78 Å². The topological polar surface area (TPSA) is 69.9 Å². The van der Waals surface area contributed by atoms with E-state index < -0.39 is 0 Å². The quantitative estimate of drug-likeness (QED) is 0.710. The predicted octanol–water partition coefficient (Wildman–Crippen LogP) is 0.511. The van der Waals surface area contributed by atoms with E-state index in [1.54, 1.807) is 12.4 Å². The average molecular weight is 224 g/mol. The summed E-state index contributed by atoms with van der Waals surface area (Å²) in [6.45, 7) is 0. The molecule has 0 fully saturated rings. The maximum atomic E-state index is 11.9. The van der Waals surface area contributed by atoms with Crippen LogP contribution < -0.4 is 4.74 Å². The molecule has 7 heteroatoms. The summed E-state index contributed by atoms with van der Waals surface area (Å²) >= 11 is 1.13. The Hall–Kier alpha value is -1.76. The van der Waals surface area contributed by atoms with Gasteiger partial charge in [-0.2, -0.15) is 5.10 Å². The first-order chi connectivity index (χ1) is 7.24. The fraction of sp³-hybridized carbons (Fsp3) is 0.250. The lowest BCUT2D eigenvalue weighted by molar-refractivity contribution is 0.102. The van der Waals surface area contributed by atoms with Crippen molar-refractivity contribution in [2.45, 2.75) is 0 Å². The van der Waals surface area contributed by atoms with E-state index in [1.165, 1.54) is 18.0 Å². The Morgan fingerprint density at radius 3 is 3.00 bits per heavy atom. The van der Waals surface area contributed by atoms with Crippen molar-refractivity contribution in [1.82, 2.24) is 19.4 Å². The highest BCUT2D eigenvalue weighted by molar-refractivity contribution is 7.03. The second kappa shape index (κ2) is 3.77. The van der Waals surface area contributed by atoms with Crippen LogP contribution in [0.2, 0.25) is 0 Å². The number of rotatable bonds is 3. The highest BCUT2D eigenvalue weighted by Crippen LogP contribution is 2.19. The van der Waals surface area contributed by atoms with Crippen molar-refractivity contribution in [3.63, 3.8) is 0 Å². The zero-order chi connectivity index (χ0) is 10.8. The lowest BCUT2D eigenvalue weighted by Gasteiger charge is -2.01. The number of ether oxygens (including phenoxy) is 1. The molecule has 0 unspecified atom stereocenters. The van der Waals surface area contributed by atoms with Crippen molar-refractivity contribution in [2.24, 2.45) is 7.05 Å². The molecule has 0 aliphatic heterocycles. The molecule has 0 aliphatic rings. The third-order valence-corrected chi connectivity index (χ3v) is 2.44.